The molecule has 1 aromatic carbocycles. The number of aryl methyl sites for hydroxylation is 2. The van der Waals surface area contributed by atoms with E-state index in [4.69, 9.17) is 5.73 Å². The van der Waals surface area contributed by atoms with Crippen LogP contribution in [-0.2, 0) is 22.4 Å². The lowest BCUT2D eigenvalue weighted by Crippen LogP contribution is -2.36. The molecule has 0 saturated heterocycles. The minimum absolute atomic E-state index is 0.0288. The van der Waals surface area contributed by atoms with Crippen molar-refractivity contribution in [2.75, 3.05) is 30.8 Å². The van der Waals surface area contributed by atoms with Gasteiger partial charge in [0.2, 0.25) is 11.8 Å². The number of thiophene rings is 1. The molecule has 3 rings (SSSR count). The molecule has 7 nitrogen and oxygen atoms in total. The summed E-state index contributed by atoms with van der Waals surface area (Å²) in [5.74, 6) is -0.989. The fourth-order valence-electron chi connectivity index (χ4n) is 3.54. The van der Waals surface area contributed by atoms with Crippen molar-refractivity contribution in [2.45, 2.75) is 33.1 Å². The molecule has 29 heavy (non-hydrogen) atoms. The number of nitrogens with one attached hydrogen (secondary N) is 2. The van der Waals surface area contributed by atoms with Crippen molar-refractivity contribution in [3.05, 3.63) is 45.3 Å². The van der Waals surface area contributed by atoms with Gasteiger partial charge in [0, 0.05) is 10.6 Å². The molecule has 0 aliphatic heterocycles. The van der Waals surface area contributed by atoms with E-state index >= 15 is 0 Å². The Labute approximate surface area is 174 Å². The number of nitrogens with two attached hydrogens (primary N) is 1. The van der Waals surface area contributed by atoms with E-state index in [0.29, 0.717) is 10.6 Å². The smallest absolute Gasteiger partial charge is 0.251 e. The van der Waals surface area contributed by atoms with E-state index in [2.05, 4.69) is 10.6 Å². The maximum atomic E-state index is 12.4. The molecule has 1 aliphatic carbocycles. The van der Waals surface area contributed by atoms with Gasteiger partial charge < -0.3 is 16.4 Å². The zero-order valence-corrected chi connectivity index (χ0v) is 17.7. The van der Waals surface area contributed by atoms with Gasteiger partial charge in [0.25, 0.3) is 5.91 Å². The lowest BCUT2D eigenvalue weighted by Gasteiger charge is -2.17. The van der Waals surface area contributed by atoms with Gasteiger partial charge in [-0.2, -0.15) is 0 Å². The number of nitrogens with zero attached hydrogens (tertiary/aromatic N) is 1. The first-order valence-electron chi connectivity index (χ1n) is 9.55. The van der Waals surface area contributed by atoms with E-state index < -0.39 is 5.91 Å². The highest BCUT2D eigenvalue weighted by Crippen LogP contribution is 2.38. The predicted molar refractivity (Wildman–Crippen MR) is 116 cm³/mol. The number of hydrogen-bond acceptors (Lipinski definition) is 5. The minimum Gasteiger partial charge on any atom is -0.365 e. The molecule has 8 heteroatoms. The number of fused-ring (bicyclic) bond motifs is 1. The maximum absolute atomic E-state index is 12.4. The van der Waals surface area contributed by atoms with Crippen LogP contribution in [0, 0.1) is 13.8 Å². The fraction of sp³-hybridized carbons (Fsp3) is 0.381. The van der Waals surface area contributed by atoms with E-state index in [0.717, 1.165) is 46.5 Å². The molecule has 1 aromatic heterocycles. The number of primary amides is 1. The van der Waals surface area contributed by atoms with Crippen molar-refractivity contribution < 1.29 is 14.4 Å². The van der Waals surface area contributed by atoms with Gasteiger partial charge in [-0.15, -0.1) is 11.3 Å². The third-order valence-electron chi connectivity index (χ3n) is 5.13. The van der Waals surface area contributed by atoms with Crippen LogP contribution in [0.15, 0.2) is 18.2 Å². The van der Waals surface area contributed by atoms with Crippen LogP contribution in [0.5, 0.6) is 0 Å². The van der Waals surface area contributed by atoms with Crippen molar-refractivity contribution in [2.24, 2.45) is 5.73 Å². The van der Waals surface area contributed by atoms with Crippen LogP contribution >= 0.6 is 11.3 Å². The Bertz CT molecular complexity index is 967. The van der Waals surface area contributed by atoms with E-state index in [1.165, 1.54) is 11.3 Å². The van der Waals surface area contributed by atoms with Crippen molar-refractivity contribution >= 4 is 39.7 Å². The summed E-state index contributed by atoms with van der Waals surface area (Å²) < 4.78 is 0. The zero-order chi connectivity index (χ0) is 21.1. The Morgan fingerprint density at radius 1 is 1.10 bits per heavy atom. The van der Waals surface area contributed by atoms with Gasteiger partial charge in [-0.3, -0.25) is 19.3 Å². The largest absolute Gasteiger partial charge is 0.365 e. The number of carbonyl (C=O) groups is 3. The van der Waals surface area contributed by atoms with E-state index in [-0.39, 0.29) is 24.9 Å². The first-order valence-corrected chi connectivity index (χ1v) is 10.4. The minimum atomic E-state index is -0.513. The Morgan fingerprint density at radius 2 is 1.79 bits per heavy atom. The highest BCUT2D eigenvalue weighted by molar-refractivity contribution is 7.17. The van der Waals surface area contributed by atoms with E-state index in [1.54, 1.807) is 11.9 Å². The molecule has 154 valence electrons. The number of anilines is 2. The summed E-state index contributed by atoms with van der Waals surface area (Å²) in [4.78, 5) is 39.3. The van der Waals surface area contributed by atoms with Crippen LogP contribution in [0.3, 0.4) is 0 Å². The van der Waals surface area contributed by atoms with Crippen LogP contribution < -0.4 is 16.4 Å². The highest BCUT2D eigenvalue weighted by atomic mass is 32.1. The second-order valence-corrected chi connectivity index (χ2v) is 8.55. The van der Waals surface area contributed by atoms with Gasteiger partial charge in [-0.1, -0.05) is 12.1 Å². The molecule has 3 amide bonds. The van der Waals surface area contributed by atoms with Gasteiger partial charge >= 0.3 is 0 Å². The first kappa shape index (κ1) is 21.0. The molecule has 0 atom stereocenters. The summed E-state index contributed by atoms with van der Waals surface area (Å²) >= 11 is 1.42. The van der Waals surface area contributed by atoms with E-state index in [1.807, 2.05) is 32.0 Å². The molecule has 0 bridgehead atoms. The van der Waals surface area contributed by atoms with Crippen molar-refractivity contribution in [3.8, 4) is 0 Å². The average molecular weight is 415 g/mol. The number of benzene rings is 1. The SMILES string of the molecule is Cc1cccc(NC(=O)CN(C)CC(=O)Nc2sc3c(c2C(N)=O)CCC3)c1C. The molecule has 0 unspecified atom stereocenters. The molecule has 1 aliphatic rings. The molecule has 0 saturated carbocycles. The highest BCUT2D eigenvalue weighted by Gasteiger charge is 2.26. The van der Waals surface area contributed by atoms with Gasteiger partial charge in [-0.05, 0) is 62.9 Å². The maximum Gasteiger partial charge on any atom is 0.251 e. The standard InChI is InChI=1S/C21H26N4O3S/c1-12-6-4-8-15(13(12)2)23-17(26)10-25(3)11-18(27)24-21-19(20(22)28)14-7-5-9-16(14)29-21/h4,6,8H,5,7,9-11H2,1-3H3,(H2,22,28)(H,23,26)(H,24,27). The third kappa shape index (κ3) is 4.83. The summed E-state index contributed by atoms with van der Waals surface area (Å²) in [6.45, 7) is 4.05. The van der Waals surface area contributed by atoms with Gasteiger partial charge in [0.15, 0.2) is 0 Å². The van der Waals surface area contributed by atoms with E-state index in [9.17, 15) is 14.4 Å². The first-order chi connectivity index (χ1) is 13.8. The molecule has 1 heterocycles. The summed E-state index contributed by atoms with van der Waals surface area (Å²) in [7, 11) is 1.70. The lowest BCUT2D eigenvalue weighted by molar-refractivity contribution is -0.119. The number of rotatable bonds is 7. The summed E-state index contributed by atoms with van der Waals surface area (Å²) in [5, 5.41) is 6.19. The van der Waals surface area contributed by atoms with Gasteiger partial charge in [0.1, 0.15) is 5.00 Å². The number of hydrogen-bond donors (Lipinski definition) is 3. The van der Waals surface area contributed by atoms with Crippen LogP contribution in [-0.4, -0.2) is 42.8 Å². The second kappa shape index (κ2) is 8.75. The number of amides is 3. The molecule has 4 N–H and O–H groups in total. The Balaban J connectivity index is 1.56. The number of likely N-dealkylation sites (N-methyl/N-ethyl adjacent to an activating group) is 1. The summed E-state index contributed by atoms with van der Waals surface area (Å²) in [6.07, 6.45) is 2.74. The fourth-order valence-corrected chi connectivity index (χ4v) is 4.85. The van der Waals surface area contributed by atoms with Crippen LogP contribution in [0.25, 0.3) is 0 Å². The quantitative estimate of drug-likeness (QED) is 0.647. The predicted octanol–water partition coefficient (Wildman–Crippen LogP) is 2.46. The van der Waals surface area contributed by atoms with Crippen molar-refractivity contribution in [3.63, 3.8) is 0 Å². The normalized spacial score (nSPS) is 12.7. The Kier molecular flexibility index (Phi) is 6.34. The van der Waals surface area contributed by atoms with Crippen LogP contribution in [0.4, 0.5) is 10.7 Å². The summed E-state index contributed by atoms with van der Waals surface area (Å²) in [6, 6.07) is 5.74. The average Bonchev–Trinajstić information content (AvgIpc) is 3.18. The summed E-state index contributed by atoms with van der Waals surface area (Å²) in [5.41, 5.74) is 9.82. The molecule has 0 radical (unpaired) electrons. The monoisotopic (exact) mass is 414 g/mol. The van der Waals surface area contributed by atoms with Gasteiger partial charge in [0.05, 0.1) is 18.7 Å². The topological polar surface area (TPSA) is 105 Å². The number of carbonyl (C=O) groups excluding carboxylic acids is 3. The molecule has 0 fully saturated rings. The third-order valence-corrected chi connectivity index (χ3v) is 6.33. The van der Waals surface area contributed by atoms with Gasteiger partial charge in [-0.25, -0.2) is 0 Å². The van der Waals surface area contributed by atoms with Crippen LogP contribution in [0.2, 0.25) is 0 Å². The molecular formula is C21H26N4O3S. The zero-order valence-electron chi connectivity index (χ0n) is 16.9. The lowest BCUT2D eigenvalue weighted by atomic mass is 10.1. The second-order valence-electron chi connectivity index (χ2n) is 7.44. The Hall–Kier alpha value is -2.71. The molecule has 0 spiro atoms. The molecule has 2 aromatic rings. The molecular weight excluding hydrogens is 388 g/mol. The Morgan fingerprint density at radius 3 is 2.48 bits per heavy atom. The van der Waals surface area contributed by atoms with Crippen molar-refractivity contribution in [1.29, 1.82) is 0 Å². The van der Waals surface area contributed by atoms with Crippen LogP contribution in [0.1, 0.15) is 38.3 Å². The van der Waals surface area contributed by atoms with Crippen molar-refractivity contribution in [1.82, 2.24) is 4.90 Å².